The molecule has 20 heavy (non-hydrogen) atoms. The fourth-order valence-corrected chi connectivity index (χ4v) is 2.13. The van der Waals surface area contributed by atoms with Gasteiger partial charge >= 0.3 is 0 Å². The van der Waals surface area contributed by atoms with Gasteiger partial charge in [-0.1, -0.05) is 24.3 Å². The Hall–Kier alpha value is -2.47. The van der Waals surface area contributed by atoms with Crippen LogP contribution in [0.15, 0.2) is 48.5 Å². The summed E-state index contributed by atoms with van der Waals surface area (Å²) in [5, 5.41) is 9.36. The Bertz CT molecular complexity index is 592. The van der Waals surface area contributed by atoms with Crippen molar-refractivity contribution in [3.8, 4) is 6.07 Å². The van der Waals surface area contributed by atoms with E-state index >= 15 is 0 Å². The van der Waals surface area contributed by atoms with Crippen molar-refractivity contribution in [2.75, 3.05) is 24.7 Å². The third kappa shape index (κ3) is 3.30. The summed E-state index contributed by atoms with van der Waals surface area (Å²) in [5.74, 6) is -0.138. The third-order valence-corrected chi connectivity index (χ3v) is 3.39. The van der Waals surface area contributed by atoms with E-state index in [-0.39, 0.29) is 5.92 Å². The first-order chi connectivity index (χ1) is 9.60. The summed E-state index contributed by atoms with van der Waals surface area (Å²) in [7, 11) is 4.03. The van der Waals surface area contributed by atoms with Crippen LogP contribution in [0.3, 0.4) is 0 Å². The van der Waals surface area contributed by atoms with Crippen molar-refractivity contribution in [2.45, 2.75) is 12.3 Å². The molecule has 0 aliphatic carbocycles. The minimum atomic E-state index is -0.138. The zero-order valence-corrected chi connectivity index (χ0v) is 11.9. The Morgan fingerprint density at radius 1 is 1.05 bits per heavy atom. The van der Waals surface area contributed by atoms with Crippen LogP contribution >= 0.6 is 0 Å². The van der Waals surface area contributed by atoms with Gasteiger partial charge in [-0.15, -0.1) is 0 Å². The predicted molar refractivity (Wildman–Crippen MR) is 83.7 cm³/mol. The summed E-state index contributed by atoms with van der Waals surface area (Å²) in [6, 6.07) is 18.2. The summed E-state index contributed by atoms with van der Waals surface area (Å²) in [4.78, 5) is 2.06. The number of nitrogens with two attached hydrogens (primary N) is 1. The second kappa shape index (κ2) is 6.12. The van der Waals surface area contributed by atoms with Gasteiger partial charge in [0.1, 0.15) is 0 Å². The monoisotopic (exact) mass is 265 g/mol. The van der Waals surface area contributed by atoms with Crippen LogP contribution in [0, 0.1) is 11.3 Å². The van der Waals surface area contributed by atoms with E-state index in [1.54, 1.807) is 0 Å². The highest BCUT2D eigenvalue weighted by molar-refractivity contribution is 5.47. The summed E-state index contributed by atoms with van der Waals surface area (Å²) >= 11 is 0. The van der Waals surface area contributed by atoms with Crippen LogP contribution in [0.4, 0.5) is 11.4 Å². The Kier molecular flexibility index (Phi) is 4.27. The van der Waals surface area contributed by atoms with Gasteiger partial charge in [0.25, 0.3) is 0 Å². The Morgan fingerprint density at radius 2 is 1.65 bits per heavy atom. The maximum Gasteiger partial charge on any atom is 0.0753 e. The predicted octanol–water partition coefficient (Wildman–Crippen LogP) is 3.18. The molecule has 102 valence electrons. The van der Waals surface area contributed by atoms with Crippen molar-refractivity contribution in [3.05, 3.63) is 59.7 Å². The molecule has 0 aliphatic rings. The minimum Gasteiger partial charge on any atom is -0.399 e. The molecule has 0 aliphatic heterocycles. The molecule has 0 saturated carbocycles. The van der Waals surface area contributed by atoms with Crippen LogP contribution in [-0.4, -0.2) is 14.1 Å². The normalized spacial score (nSPS) is 11.7. The molecule has 3 heteroatoms. The average Bonchev–Trinajstić information content (AvgIpc) is 2.46. The van der Waals surface area contributed by atoms with Gasteiger partial charge in [0, 0.05) is 25.5 Å². The molecule has 0 radical (unpaired) electrons. The number of nitrogen functional groups attached to an aromatic ring is 1. The molecular formula is C17H19N3. The van der Waals surface area contributed by atoms with E-state index in [1.807, 2.05) is 38.4 Å². The molecule has 3 nitrogen and oxygen atoms in total. The maximum atomic E-state index is 9.36. The molecule has 1 unspecified atom stereocenters. The first kappa shape index (κ1) is 14.0. The number of nitriles is 1. The number of rotatable bonds is 4. The van der Waals surface area contributed by atoms with Crippen molar-refractivity contribution in [3.63, 3.8) is 0 Å². The van der Waals surface area contributed by atoms with Crippen molar-refractivity contribution < 1.29 is 0 Å². The molecule has 2 N–H and O–H groups in total. The van der Waals surface area contributed by atoms with E-state index in [2.05, 4.69) is 35.2 Å². The van der Waals surface area contributed by atoms with Crippen molar-refractivity contribution in [2.24, 2.45) is 0 Å². The van der Waals surface area contributed by atoms with Crippen molar-refractivity contribution in [1.29, 1.82) is 5.26 Å². The van der Waals surface area contributed by atoms with E-state index in [0.717, 1.165) is 16.9 Å². The first-order valence-electron chi connectivity index (χ1n) is 6.61. The van der Waals surface area contributed by atoms with E-state index in [1.165, 1.54) is 5.56 Å². The first-order valence-corrected chi connectivity index (χ1v) is 6.61. The van der Waals surface area contributed by atoms with Gasteiger partial charge in [-0.3, -0.25) is 0 Å². The fraction of sp³-hybridized carbons (Fsp3) is 0.235. The van der Waals surface area contributed by atoms with E-state index in [4.69, 9.17) is 5.73 Å². The molecule has 2 aromatic rings. The number of hydrogen-bond acceptors (Lipinski definition) is 3. The molecule has 2 rings (SSSR count). The second-order valence-corrected chi connectivity index (χ2v) is 5.11. The van der Waals surface area contributed by atoms with E-state index in [9.17, 15) is 5.26 Å². The standard InChI is InChI=1S/C17H19N3/c1-20(2)17-9-3-13(4-10-17)11-15(12-18)14-5-7-16(19)8-6-14/h3-10,15H,11,19H2,1-2H3. The van der Waals surface area contributed by atoms with Gasteiger partial charge in [-0.25, -0.2) is 0 Å². The summed E-state index contributed by atoms with van der Waals surface area (Å²) in [6.07, 6.45) is 0.716. The lowest BCUT2D eigenvalue weighted by Gasteiger charge is -2.14. The molecule has 1 atom stereocenters. The van der Waals surface area contributed by atoms with Crippen LogP contribution < -0.4 is 10.6 Å². The quantitative estimate of drug-likeness (QED) is 0.864. The van der Waals surface area contributed by atoms with Gasteiger partial charge in [-0.05, 0) is 41.8 Å². The molecular weight excluding hydrogens is 246 g/mol. The molecule has 0 bridgehead atoms. The topological polar surface area (TPSA) is 53.0 Å². The van der Waals surface area contributed by atoms with Crippen molar-refractivity contribution in [1.82, 2.24) is 0 Å². The van der Waals surface area contributed by atoms with Gasteiger partial charge in [0.15, 0.2) is 0 Å². The van der Waals surface area contributed by atoms with E-state index in [0.29, 0.717) is 6.42 Å². The highest BCUT2D eigenvalue weighted by Gasteiger charge is 2.11. The molecule has 0 fully saturated rings. The van der Waals surface area contributed by atoms with Crippen LogP contribution in [0.25, 0.3) is 0 Å². The molecule has 0 spiro atoms. The lowest BCUT2D eigenvalue weighted by molar-refractivity contribution is 0.849. The molecule has 0 saturated heterocycles. The summed E-state index contributed by atoms with van der Waals surface area (Å²) in [6.45, 7) is 0. The van der Waals surface area contributed by atoms with Gasteiger partial charge in [0.2, 0.25) is 0 Å². The van der Waals surface area contributed by atoms with Crippen molar-refractivity contribution >= 4 is 11.4 Å². The smallest absolute Gasteiger partial charge is 0.0753 e. The molecule has 2 aromatic carbocycles. The van der Waals surface area contributed by atoms with Crippen LogP contribution in [0.5, 0.6) is 0 Å². The largest absolute Gasteiger partial charge is 0.399 e. The molecule has 0 aromatic heterocycles. The number of benzene rings is 2. The number of anilines is 2. The van der Waals surface area contributed by atoms with Gasteiger partial charge in [-0.2, -0.15) is 5.26 Å². The van der Waals surface area contributed by atoms with Crippen LogP contribution in [-0.2, 0) is 6.42 Å². The van der Waals surface area contributed by atoms with Gasteiger partial charge < -0.3 is 10.6 Å². The Labute approximate surface area is 120 Å². The number of nitrogens with zero attached hydrogens (tertiary/aromatic N) is 2. The van der Waals surface area contributed by atoms with Crippen LogP contribution in [0.1, 0.15) is 17.0 Å². The summed E-state index contributed by atoms with van der Waals surface area (Å²) in [5.41, 5.74) is 9.74. The lowest BCUT2D eigenvalue weighted by Crippen LogP contribution is -2.08. The Balaban J connectivity index is 2.14. The highest BCUT2D eigenvalue weighted by atomic mass is 15.1. The fourth-order valence-electron chi connectivity index (χ4n) is 2.13. The lowest BCUT2D eigenvalue weighted by atomic mass is 9.93. The Morgan fingerprint density at radius 3 is 2.15 bits per heavy atom. The third-order valence-electron chi connectivity index (χ3n) is 3.39. The highest BCUT2D eigenvalue weighted by Crippen LogP contribution is 2.22. The summed E-state index contributed by atoms with van der Waals surface area (Å²) < 4.78 is 0. The molecule has 0 amide bonds. The zero-order valence-electron chi connectivity index (χ0n) is 11.9. The SMILES string of the molecule is CN(C)c1ccc(CC(C#N)c2ccc(N)cc2)cc1. The van der Waals surface area contributed by atoms with Crippen LogP contribution in [0.2, 0.25) is 0 Å². The van der Waals surface area contributed by atoms with E-state index < -0.39 is 0 Å². The molecule has 0 heterocycles. The zero-order chi connectivity index (χ0) is 14.5. The second-order valence-electron chi connectivity index (χ2n) is 5.11. The average molecular weight is 265 g/mol. The van der Waals surface area contributed by atoms with Gasteiger partial charge in [0.05, 0.1) is 12.0 Å². The number of hydrogen-bond donors (Lipinski definition) is 1. The maximum absolute atomic E-state index is 9.36. The minimum absolute atomic E-state index is 0.138.